The summed E-state index contributed by atoms with van der Waals surface area (Å²) in [6.45, 7) is 4.04. The van der Waals surface area contributed by atoms with E-state index in [2.05, 4.69) is 17.6 Å². The molecule has 1 aliphatic carbocycles. The molecule has 134 valence electrons. The molecule has 7 heteroatoms. The molecule has 2 rings (SSSR count). The standard InChI is InChI=1S/C17H27N3O2S2/c1-12-7-5-6-8-15(12)19-17(23)18-14-10-9-13(2)16(11-14)24(21,22)20(3)4/h9-12,15H,5-8H2,1-4H3,(H2,18,19,23). The molecule has 24 heavy (non-hydrogen) atoms. The molecule has 2 unspecified atom stereocenters. The molecule has 1 aliphatic rings. The Morgan fingerprint density at radius 1 is 1.25 bits per heavy atom. The van der Waals surface area contributed by atoms with Gasteiger partial charge in [0.1, 0.15) is 0 Å². The summed E-state index contributed by atoms with van der Waals surface area (Å²) in [5, 5.41) is 7.05. The number of hydrogen-bond acceptors (Lipinski definition) is 3. The fourth-order valence-electron chi connectivity index (χ4n) is 3.02. The van der Waals surface area contributed by atoms with Gasteiger partial charge < -0.3 is 10.6 Å². The van der Waals surface area contributed by atoms with Crippen LogP contribution in [0.2, 0.25) is 0 Å². The summed E-state index contributed by atoms with van der Waals surface area (Å²) in [5.74, 6) is 0.598. The zero-order valence-corrected chi connectivity index (χ0v) is 16.4. The molecule has 0 amide bonds. The molecule has 1 fully saturated rings. The Morgan fingerprint density at radius 3 is 2.54 bits per heavy atom. The number of aryl methyl sites for hydroxylation is 1. The molecule has 2 atom stereocenters. The van der Waals surface area contributed by atoms with Crippen molar-refractivity contribution >= 4 is 33.0 Å². The van der Waals surface area contributed by atoms with E-state index >= 15 is 0 Å². The Morgan fingerprint density at radius 2 is 1.92 bits per heavy atom. The van der Waals surface area contributed by atoms with E-state index in [0.717, 1.165) is 6.42 Å². The first-order chi connectivity index (χ1) is 11.2. The minimum Gasteiger partial charge on any atom is -0.359 e. The molecule has 0 heterocycles. The quantitative estimate of drug-likeness (QED) is 0.799. The SMILES string of the molecule is Cc1ccc(NC(=S)NC2CCCCC2C)cc1S(=O)(=O)N(C)C. The molecule has 5 nitrogen and oxygen atoms in total. The molecule has 1 aromatic rings. The summed E-state index contributed by atoms with van der Waals surface area (Å²) >= 11 is 5.41. The van der Waals surface area contributed by atoms with Gasteiger partial charge in [0.15, 0.2) is 5.11 Å². The normalized spacial score (nSPS) is 21.5. The second-order valence-corrected chi connectivity index (χ2v) is 9.26. The highest BCUT2D eigenvalue weighted by molar-refractivity contribution is 7.89. The predicted molar refractivity (Wildman–Crippen MR) is 103 cm³/mol. The van der Waals surface area contributed by atoms with Crippen LogP contribution in [-0.2, 0) is 10.0 Å². The Hall–Kier alpha value is -1.18. The van der Waals surface area contributed by atoms with Crippen molar-refractivity contribution < 1.29 is 8.42 Å². The third-order valence-corrected chi connectivity index (χ3v) is 6.81. The smallest absolute Gasteiger partial charge is 0.242 e. The van der Waals surface area contributed by atoms with Crippen molar-refractivity contribution in [2.75, 3.05) is 19.4 Å². The molecule has 0 spiro atoms. The number of thiocarbonyl (C=S) groups is 1. The maximum Gasteiger partial charge on any atom is 0.242 e. The number of anilines is 1. The van der Waals surface area contributed by atoms with Crippen molar-refractivity contribution in [3.8, 4) is 0 Å². The van der Waals surface area contributed by atoms with Crippen LogP contribution in [0.25, 0.3) is 0 Å². The van der Waals surface area contributed by atoms with Crippen LogP contribution in [0.4, 0.5) is 5.69 Å². The Bertz CT molecular complexity index is 702. The van der Waals surface area contributed by atoms with E-state index < -0.39 is 10.0 Å². The highest BCUT2D eigenvalue weighted by Gasteiger charge is 2.23. The van der Waals surface area contributed by atoms with E-state index in [4.69, 9.17) is 12.2 Å². The first kappa shape index (κ1) is 19.1. The van der Waals surface area contributed by atoms with Crippen molar-refractivity contribution in [2.45, 2.75) is 50.5 Å². The lowest BCUT2D eigenvalue weighted by Gasteiger charge is -2.30. The van der Waals surface area contributed by atoms with Crippen molar-refractivity contribution in [3.05, 3.63) is 23.8 Å². The molecular formula is C17H27N3O2S2. The number of rotatable bonds is 4. The van der Waals surface area contributed by atoms with Gasteiger partial charge in [0.25, 0.3) is 0 Å². The van der Waals surface area contributed by atoms with Crippen molar-refractivity contribution in [1.82, 2.24) is 9.62 Å². The van der Waals surface area contributed by atoms with Gasteiger partial charge >= 0.3 is 0 Å². The topological polar surface area (TPSA) is 61.4 Å². The van der Waals surface area contributed by atoms with Gasteiger partial charge in [-0.15, -0.1) is 0 Å². The molecule has 2 N–H and O–H groups in total. The van der Waals surface area contributed by atoms with Gasteiger partial charge in [0.05, 0.1) is 4.90 Å². The zero-order valence-electron chi connectivity index (χ0n) is 14.8. The maximum atomic E-state index is 12.4. The number of nitrogens with zero attached hydrogens (tertiary/aromatic N) is 1. The Kier molecular flexibility index (Phi) is 6.22. The van der Waals surface area contributed by atoms with Gasteiger partial charge in [-0.2, -0.15) is 0 Å². The van der Waals surface area contributed by atoms with Crippen LogP contribution >= 0.6 is 12.2 Å². The molecule has 1 aromatic carbocycles. The maximum absolute atomic E-state index is 12.4. The second-order valence-electron chi connectivity index (χ2n) is 6.73. The molecule has 0 saturated heterocycles. The lowest BCUT2D eigenvalue weighted by Crippen LogP contribution is -2.43. The Labute approximate surface area is 150 Å². The van der Waals surface area contributed by atoms with E-state index in [1.807, 2.05) is 6.07 Å². The van der Waals surface area contributed by atoms with Crippen LogP contribution < -0.4 is 10.6 Å². The van der Waals surface area contributed by atoms with Crippen molar-refractivity contribution in [1.29, 1.82) is 0 Å². The van der Waals surface area contributed by atoms with Gasteiger partial charge in [-0.05, 0) is 55.6 Å². The van der Waals surface area contributed by atoms with Gasteiger partial charge in [-0.25, -0.2) is 12.7 Å². The molecule has 0 radical (unpaired) electrons. The zero-order chi connectivity index (χ0) is 17.9. The largest absolute Gasteiger partial charge is 0.359 e. The van der Waals surface area contributed by atoms with E-state index in [1.54, 1.807) is 19.1 Å². The van der Waals surface area contributed by atoms with Crippen LogP contribution in [0, 0.1) is 12.8 Å². The van der Waals surface area contributed by atoms with Gasteiger partial charge in [-0.1, -0.05) is 25.8 Å². The fraction of sp³-hybridized carbons (Fsp3) is 0.588. The summed E-state index contributed by atoms with van der Waals surface area (Å²) < 4.78 is 26.0. The molecule has 0 bridgehead atoms. The summed E-state index contributed by atoms with van der Waals surface area (Å²) in [4.78, 5) is 0.298. The average Bonchev–Trinajstić information content (AvgIpc) is 2.51. The van der Waals surface area contributed by atoms with Crippen LogP contribution in [0.1, 0.15) is 38.2 Å². The molecule has 0 aromatic heterocycles. The minimum atomic E-state index is -3.47. The van der Waals surface area contributed by atoms with E-state index in [1.165, 1.54) is 37.7 Å². The fourth-order valence-corrected chi connectivity index (χ4v) is 4.43. The van der Waals surface area contributed by atoms with Gasteiger partial charge in [0, 0.05) is 25.8 Å². The molecule has 1 saturated carbocycles. The highest BCUT2D eigenvalue weighted by atomic mass is 32.2. The number of sulfonamides is 1. The van der Waals surface area contributed by atoms with E-state index in [0.29, 0.717) is 33.2 Å². The summed E-state index contributed by atoms with van der Waals surface area (Å²) in [7, 11) is -0.406. The van der Waals surface area contributed by atoms with Crippen LogP contribution in [0.3, 0.4) is 0 Å². The lowest BCUT2D eigenvalue weighted by atomic mass is 9.86. The molecular weight excluding hydrogens is 342 g/mol. The first-order valence-corrected chi connectivity index (χ1v) is 10.2. The summed E-state index contributed by atoms with van der Waals surface area (Å²) in [6.07, 6.45) is 4.84. The summed E-state index contributed by atoms with van der Waals surface area (Å²) in [5.41, 5.74) is 1.40. The van der Waals surface area contributed by atoms with Crippen LogP contribution in [-0.4, -0.2) is 38.0 Å². The monoisotopic (exact) mass is 369 g/mol. The van der Waals surface area contributed by atoms with Crippen molar-refractivity contribution in [2.24, 2.45) is 5.92 Å². The van der Waals surface area contributed by atoms with Crippen LogP contribution in [0.15, 0.2) is 23.1 Å². The first-order valence-electron chi connectivity index (χ1n) is 8.32. The number of hydrogen-bond donors (Lipinski definition) is 2. The third kappa shape index (κ3) is 4.46. The van der Waals surface area contributed by atoms with E-state index in [9.17, 15) is 8.42 Å². The number of benzene rings is 1. The Balaban J connectivity index is 2.11. The predicted octanol–water partition coefficient (Wildman–Crippen LogP) is 3.11. The third-order valence-electron chi connectivity index (χ3n) is 4.63. The van der Waals surface area contributed by atoms with Gasteiger partial charge in [0.2, 0.25) is 10.0 Å². The van der Waals surface area contributed by atoms with Crippen LogP contribution in [0.5, 0.6) is 0 Å². The van der Waals surface area contributed by atoms with Crippen molar-refractivity contribution in [3.63, 3.8) is 0 Å². The van der Waals surface area contributed by atoms with E-state index in [-0.39, 0.29) is 0 Å². The molecule has 0 aliphatic heterocycles. The highest BCUT2D eigenvalue weighted by Crippen LogP contribution is 2.25. The summed E-state index contributed by atoms with van der Waals surface area (Å²) in [6, 6.07) is 5.67. The van der Waals surface area contributed by atoms with Gasteiger partial charge in [-0.3, -0.25) is 0 Å². The minimum absolute atomic E-state index is 0.298. The average molecular weight is 370 g/mol. The lowest BCUT2D eigenvalue weighted by molar-refractivity contribution is 0.309. The second kappa shape index (κ2) is 7.80. The number of nitrogens with one attached hydrogen (secondary N) is 2.